The number of aryl methyl sites for hydroxylation is 1. The zero-order valence-corrected chi connectivity index (χ0v) is 13.2. The third kappa shape index (κ3) is 3.10. The van der Waals surface area contributed by atoms with E-state index in [4.69, 9.17) is 11.6 Å². The molecule has 0 aliphatic carbocycles. The molecule has 0 unspecified atom stereocenters. The minimum Gasteiger partial charge on any atom is -0.346 e. The summed E-state index contributed by atoms with van der Waals surface area (Å²) in [6, 6.07) is 14.2. The van der Waals surface area contributed by atoms with Crippen molar-refractivity contribution < 1.29 is 4.79 Å². The van der Waals surface area contributed by atoms with Crippen molar-refractivity contribution in [2.24, 2.45) is 7.05 Å². The van der Waals surface area contributed by atoms with E-state index in [1.807, 2.05) is 12.1 Å². The second-order valence-corrected chi connectivity index (χ2v) is 5.57. The van der Waals surface area contributed by atoms with Crippen molar-refractivity contribution in [3.05, 3.63) is 75.0 Å². The van der Waals surface area contributed by atoms with Crippen molar-refractivity contribution in [2.75, 3.05) is 0 Å². The van der Waals surface area contributed by atoms with Crippen LogP contribution in [0.25, 0.3) is 10.9 Å². The summed E-state index contributed by atoms with van der Waals surface area (Å²) >= 11 is 5.91. The molecule has 3 aromatic rings. The highest BCUT2D eigenvalue weighted by atomic mass is 35.5. The number of nitrogens with one attached hydrogen (secondary N) is 1. The standard InChI is InChI=1S/C17H14ClN3O2/c1-21-14-8-3-2-7-13(14)16(22)15(20-21)17(23)19-10-11-5-4-6-12(18)9-11/h2-9H,10H2,1H3,(H,19,23). The van der Waals surface area contributed by atoms with Gasteiger partial charge in [-0.1, -0.05) is 35.9 Å². The van der Waals surface area contributed by atoms with Gasteiger partial charge in [0.15, 0.2) is 5.69 Å². The fourth-order valence-corrected chi connectivity index (χ4v) is 2.60. The van der Waals surface area contributed by atoms with E-state index in [9.17, 15) is 9.59 Å². The third-order valence-corrected chi connectivity index (χ3v) is 3.75. The molecule has 23 heavy (non-hydrogen) atoms. The van der Waals surface area contributed by atoms with E-state index in [1.54, 1.807) is 43.4 Å². The van der Waals surface area contributed by atoms with Crippen LogP contribution < -0.4 is 10.7 Å². The lowest BCUT2D eigenvalue weighted by atomic mass is 10.2. The largest absolute Gasteiger partial charge is 0.346 e. The summed E-state index contributed by atoms with van der Waals surface area (Å²) in [5, 5.41) is 7.86. The van der Waals surface area contributed by atoms with Crippen LogP contribution >= 0.6 is 11.6 Å². The minimum atomic E-state index is -0.503. The molecule has 0 spiro atoms. The fourth-order valence-electron chi connectivity index (χ4n) is 2.39. The number of rotatable bonds is 3. The molecule has 116 valence electrons. The van der Waals surface area contributed by atoms with Gasteiger partial charge in [0.05, 0.1) is 5.52 Å². The maximum Gasteiger partial charge on any atom is 0.276 e. The van der Waals surface area contributed by atoms with E-state index in [2.05, 4.69) is 10.4 Å². The molecule has 1 amide bonds. The summed E-state index contributed by atoms with van der Waals surface area (Å²) in [7, 11) is 1.70. The van der Waals surface area contributed by atoms with Crippen molar-refractivity contribution in [3.8, 4) is 0 Å². The Hall–Kier alpha value is -2.66. The van der Waals surface area contributed by atoms with Crippen molar-refractivity contribution >= 4 is 28.4 Å². The molecular formula is C17H14ClN3O2. The topological polar surface area (TPSA) is 64.0 Å². The maximum absolute atomic E-state index is 12.4. The molecule has 3 rings (SSSR count). The highest BCUT2D eigenvalue weighted by molar-refractivity contribution is 6.30. The number of fused-ring (bicyclic) bond motifs is 1. The van der Waals surface area contributed by atoms with Crippen LogP contribution in [0.4, 0.5) is 0 Å². The first kappa shape index (κ1) is 15.2. The van der Waals surface area contributed by atoms with Gasteiger partial charge in [-0.05, 0) is 29.8 Å². The van der Waals surface area contributed by atoms with Crippen LogP contribution in [0.5, 0.6) is 0 Å². The Labute approximate surface area is 137 Å². The van der Waals surface area contributed by atoms with E-state index >= 15 is 0 Å². The summed E-state index contributed by atoms with van der Waals surface area (Å²) in [5.74, 6) is -0.503. The van der Waals surface area contributed by atoms with E-state index < -0.39 is 5.91 Å². The monoisotopic (exact) mass is 327 g/mol. The van der Waals surface area contributed by atoms with Crippen molar-refractivity contribution in [2.45, 2.75) is 6.54 Å². The Morgan fingerprint density at radius 2 is 2.00 bits per heavy atom. The fraction of sp³-hybridized carbons (Fsp3) is 0.118. The second kappa shape index (κ2) is 6.22. The van der Waals surface area contributed by atoms with Gasteiger partial charge in [-0.25, -0.2) is 0 Å². The van der Waals surface area contributed by atoms with E-state index in [0.29, 0.717) is 15.9 Å². The minimum absolute atomic E-state index is 0.117. The number of hydrogen-bond donors (Lipinski definition) is 1. The molecule has 0 atom stereocenters. The summed E-state index contributed by atoms with van der Waals surface area (Å²) in [6.45, 7) is 0.275. The molecular weight excluding hydrogens is 314 g/mol. The number of carbonyl (C=O) groups is 1. The number of aromatic nitrogens is 2. The van der Waals surface area contributed by atoms with Gasteiger partial charge in [0, 0.05) is 24.0 Å². The molecule has 0 saturated carbocycles. The Bertz CT molecular complexity index is 950. The summed E-state index contributed by atoms with van der Waals surface area (Å²) in [6.07, 6.45) is 0. The lowest BCUT2D eigenvalue weighted by Gasteiger charge is -2.08. The van der Waals surface area contributed by atoms with Crippen LogP contribution in [0.3, 0.4) is 0 Å². The van der Waals surface area contributed by atoms with Crippen LogP contribution in [0.2, 0.25) is 5.02 Å². The Morgan fingerprint density at radius 3 is 2.78 bits per heavy atom. The zero-order chi connectivity index (χ0) is 16.4. The van der Waals surface area contributed by atoms with Crippen LogP contribution in [0, 0.1) is 0 Å². The molecule has 0 saturated heterocycles. The van der Waals surface area contributed by atoms with Gasteiger partial charge in [-0.15, -0.1) is 0 Å². The smallest absolute Gasteiger partial charge is 0.276 e. The number of nitrogens with zero attached hydrogens (tertiary/aromatic N) is 2. The van der Waals surface area contributed by atoms with E-state index in [1.165, 1.54) is 4.68 Å². The first-order valence-electron chi connectivity index (χ1n) is 7.05. The predicted molar refractivity (Wildman–Crippen MR) is 89.6 cm³/mol. The van der Waals surface area contributed by atoms with Gasteiger partial charge in [0.2, 0.25) is 5.43 Å². The van der Waals surface area contributed by atoms with Gasteiger partial charge in [0.25, 0.3) is 5.91 Å². The SMILES string of the molecule is Cn1nc(C(=O)NCc2cccc(Cl)c2)c(=O)c2ccccc21. The third-order valence-electron chi connectivity index (χ3n) is 3.52. The lowest BCUT2D eigenvalue weighted by Crippen LogP contribution is -2.31. The molecule has 1 aromatic heterocycles. The molecule has 0 fully saturated rings. The van der Waals surface area contributed by atoms with Gasteiger partial charge in [-0.3, -0.25) is 14.3 Å². The average Bonchev–Trinajstić information content (AvgIpc) is 2.56. The van der Waals surface area contributed by atoms with Gasteiger partial charge < -0.3 is 5.32 Å². The summed E-state index contributed by atoms with van der Waals surface area (Å²) in [4.78, 5) is 24.7. The first-order valence-corrected chi connectivity index (χ1v) is 7.43. The van der Waals surface area contributed by atoms with Crippen molar-refractivity contribution in [3.63, 3.8) is 0 Å². The number of benzene rings is 2. The zero-order valence-electron chi connectivity index (χ0n) is 12.4. The maximum atomic E-state index is 12.4. The van der Waals surface area contributed by atoms with Crippen LogP contribution in [0.15, 0.2) is 53.3 Å². The summed E-state index contributed by atoms with van der Waals surface area (Å²) in [5.41, 5.74) is 1.04. The van der Waals surface area contributed by atoms with Crippen LogP contribution in [0.1, 0.15) is 16.1 Å². The van der Waals surface area contributed by atoms with E-state index in [-0.39, 0.29) is 17.7 Å². The molecule has 1 heterocycles. The molecule has 0 bridgehead atoms. The second-order valence-electron chi connectivity index (χ2n) is 5.13. The molecule has 6 heteroatoms. The normalized spacial score (nSPS) is 10.7. The summed E-state index contributed by atoms with van der Waals surface area (Å²) < 4.78 is 1.53. The average molecular weight is 328 g/mol. The molecule has 5 nitrogen and oxygen atoms in total. The van der Waals surface area contributed by atoms with Crippen LogP contribution in [-0.2, 0) is 13.6 Å². The van der Waals surface area contributed by atoms with Gasteiger partial charge in [0.1, 0.15) is 0 Å². The van der Waals surface area contributed by atoms with Gasteiger partial charge >= 0.3 is 0 Å². The Kier molecular flexibility index (Phi) is 4.12. The number of carbonyl (C=O) groups excluding carboxylic acids is 1. The van der Waals surface area contributed by atoms with Crippen molar-refractivity contribution in [1.82, 2.24) is 15.1 Å². The quantitative estimate of drug-likeness (QED) is 0.804. The van der Waals surface area contributed by atoms with Crippen molar-refractivity contribution in [1.29, 1.82) is 0 Å². The molecule has 0 aliphatic heterocycles. The predicted octanol–water partition coefficient (Wildman–Crippen LogP) is 2.52. The molecule has 0 aliphatic rings. The van der Waals surface area contributed by atoms with E-state index in [0.717, 1.165) is 5.56 Å². The number of halogens is 1. The number of para-hydroxylation sites is 1. The highest BCUT2D eigenvalue weighted by Gasteiger charge is 2.16. The number of hydrogen-bond acceptors (Lipinski definition) is 3. The molecule has 1 N–H and O–H groups in total. The Morgan fingerprint density at radius 1 is 1.22 bits per heavy atom. The highest BCUT2D eigenvalue weighted by Crippen LogP contribution is 2.11. The molecule has 2 aromatic carbocycles. The van der Waals surface area contributed by atoms with Crippen LogP contribution in [-0.4, -0.2) is 15.7 Å². The molecule has 0 radical (unpaired) electrons. The number of amides is 1. The lowest BCUT2D eigenvalue weighted by molar-refractivity contribution is 0.0943. The Balaban J connectivity index is 1.89. The van der Waals surface area contributed by atoms with Gasteiger partial charge in [-0.2, -0.15) is 5.10 Å². The first-order chi connectivity index (χ1) is 11.1.